The molecule has 2 atom stereocenters. The Kier molecular flexibility index (Phi) is 4.76. The maximum Gasteiger partial charge on any atom is 0.146 e. The second kappa shape index (κ2) is 7.10. The van der Waals surface area contributed by atoms with E-state index in [0.29, 0.717) is 11.6 Å². The molecule has 0 bridgehead atoms. The number of rotatable bonds is 3. The van der Waals surface area contributed by atoms with Crippen LogP contribution in [0, 0.1) is 5.92 Å². The first-order valence-electron chi connectivity index (χ1n) is 9.19. The Hall–Kier alpha value is -2.59. The van der Waals surface area contributed by atoms with E-state index in [0.717, 1.165) is 22.6 Å². The number of Topliss-reactive ketones (excluding diaryl/α,β-unsaturated/α-hetero) is 1. The molecule has 2 unspecified atom stereocenters. The highest BCUT2D eigenvalue weighted by molar-refractivity contribution is 6.30. The summed E-state index contributed by atoms with van der Waals surface area (Å²) in [7, 11) is 1.63. The van der Waals surface area contributed by atoms with Gasteiger partial charge in [-0.25, -0.2) is 4.39 Å². The molecule has 2 aromatic rings. The molecule has 4 rings (SSSR count). The highest BCUT2D eigenvalue weighted by Crippen LogP contribution is 2.43. The maximum absolute atomic E-state index is 14.0. The summed E-state index contributed by atoms with van der Waals surface area (Å²) >= 11 is 6.20. The summed E-state index contributed by atoms with van der Waals surface area (Å²) in [6.45, 7) is 2.56. The van der Waals surface area contributed by atoms with E-state index in [1.54, 1.807) is 13.2 Å². The van der Waals surface area contributed by atoms with Gasteiger partial charge in [0.15, 0.2) is 0 Å². The average Bonchev–Trinajstić information content (AvgIpc) is 2.76. The number of halogens is 2. The lowest BCUT2D eigenvalue weighted by Gasteiger charge is -2.45. The Morgan fingerprint density at radius 2 is 2.00 bits per heavy atom. The van der Waals surface area contributed by atoms with Crippen molar-refractivity contribution >= 4 is 23.1 Å². The van der Waals surface area contributed by atoms with Crippen molar-refractivity contribution in [1.82, 2.24) is 0 Å². The van der Waals surface area contributed by atoms with Crippen molar-refractivity contribution < 1.29 is 13.9 Å². The third-order valence-electron chi connectivity index (χ3n) is 5.66. The molecule has 0 saturated carbocycles. The second-order valence-corrected chi connectivity index (χ2v) is 7.88. The molecule has 1 heterocycles. The summed E-state index contributed by atoms with van der Waals surface area (Å²) < 4.78 is 19.3. The fourth-order valence-electron chi connectivity index (χ4n) is 4.10. The fraction of sp³-hybridized carbons (Fsp3) is 0.261. The van der Waals surface area contributed by atoms with E-state index < -0.39 is 11.5 Å². The zero-order valence-electron chi connectivity index (χ0n) is 15.8. The third-order valence-corrected chi connectivity index (χ3v) is 5.90. The van der Waals surface area contributed by atoms with Crippen molar-refractivity contribution in [2.45, 2.75) is 25.4 Å². The standard InChI is InChI=1S/C23H21ClFNO2/c1-23-10-9-18(25)13-20(23)22(27)12-16-11-17(24)5-8-21(16)26(23)14-15-3-6-19(28-2)7-4-15/h3-11,13,20H,12,14H2,1-2H3. The van der Waals surface area contributed by atoms with Gasteiger partial charge in [-0.1, -0.05) is 29.8 Å². The van der Waals surface area contributed by atoms with Gasteiger partial charge in [0.2, 0.25) is 0 Å². The topological polar surface area (TPSA) is 29.5 Å². The molecule has 1 aliphatic carbocycles. The van der Waals surface area contributed by atoms with Crippen LogP contribution >= 0.6 is 11.6 Å². The Balaban J connectivity index is 1.83. The monoisotopic (exact) mass is 397 g/mol. The van der Waals surface area contributed by atoms with E-state index in [-0.39, 0.29) is 18.0 Å². The first-order chi connectivity index (χ1) is 13.4. The van der Waals surface area contributed by atoms with Crippen molar-refractivity contribution in [1.29, 1.82) is 0 Å². The Labute approximate surface area is 169 Å². The van der Waals surface area contributed by atoms with E-state index in [4.69, 9.17) is 16.3 Å². The molecule has 0 fully saturated rings. The lowest BCUT2D eigenvalue weighted by atomic mass is 9.77. The molecular formula is C23H21ClFNO2. The van der Waals surface area contributed by atoms with E-state index >= 15 is 0 Å². The van der Waals surface area contributed by atoms with Crippen LogP contribution in [0.25, 0.3) is 0 Å². The number of hydrogen-bond donors (Lipinski definition) is 0. The van der Waals surface area contributed by atoms with Crippen LogP contribution in [-0.2, 0) is 17.8 Å². The number of fused-ring (bicyclic) bond motifs is 2. The highest BCUT2D eigenvalue weighted by atomic mass is 35.5. The maximum atomic E-state index is 14.0. The number of anilines is 1. The van der Waals surface area contributed by atoms with Crippen LogP contribution in [-0.4, -0.2) is 18.4 Å². The molecule has 0 radical (unpaired) electrons. The number of benzene rings is 2. The van der Waals surface area contributed by atoms with Crippen molar-refractivity contribution in [3.8, 4) is 5.75 Å². The predicted molar refractivity (Wildman–Crippen MR) is 110 cm³/mol. The van der Waals surface area contributed by atoms with E-state index in [9.17, 15) is 9.18 Å². The first-order valence-corrected chi connectivity index (χ1v) is 9.57. The summed E-state index contributed by atoms with van der Waals surface area (Å²) in [4.78, 5) is 15.2. The number of hydrogen-bond acceptors (Lipinski definition) is 3. The lowest BCUT2D eigenvalue weighted by Crippen LogP contribution is -2.52. The molecule has 0 amide bonds. The quantitative estimate of drug-likeness (QED) is 0.705. The van der Waals surface area contributed by atoms with E-state index in [2.05, 4.69) is 4.90 Å². The molecule has 144 valence electrons. The molecule has 2 aromatic carbocycles. The van der Waals surface area contributed by atoms with Gasteiger partial charge in [0.05, 0.1) is 18.6 Å². The minimum Gasteiger partial charge on any atom is -0.497 e. The second-order valence-electron chi connectivity index (χ2n) is 7.44. The molecule has 28 heavy (non-hydrogen) atoms. The van der Waals surface area contributed by atoms with Gasteiger partial charge in [-0.15, -0.1) is 0 Å². The first kappa shape index (κ1) is 18.8. The summed E-state index contributed by atoms with van der Waals surface area (Å²) in [5.41, 5.74) is 2.20. The zero-order valence-corrected chi connectivity index (χ0v) is 16.5. The van der Waals surface area contributed by atoms with Crippen LogP contribution in [0.5, 0.6) is 5.75 Å². The summed E-state index contributed by atoms with van der Waals surface area (Å²) in [6, 6.07) is 13.4. The number of methoxy groups -OCH3 is 1. The van der Waals surface area contributed by atoms with Crippen molar-refractivity contribution in [2.75, 3.05) is 12.0 Å². The fourth-order valence-corrected chi connectivity index (χ4v) is 4.29. The van der Waals surface area contributed by atoms with Gasteiger partial charge in [-0.05, 0) is 60.5 Å². The number of ether oxygens (including phenoxy) is 1. The van der Waals surface area contributed by atoms with Gasteiger partial charge in [0.25, 0.3) is 0 Å². The molecule has 2 aliphatic rings. The molecule has 0 spiro atoms. The number of ketones is 1. The minimum atomic E-state index is -0.675. The number of carbonyl (C=O) groups is 1. The molecule has 1 aliphatic heterocycles. The normalized spacial score (nSPS) is 23.6. The number of allylic oxidation sites excluding steroid dienone is 2. The summed E-state index contributed by atoms with van der Waals surface area (Å²) in [6.07, 6.45) is 4.92. The van der Waals surface area contributed by atoms with Crippen LogP contribution in [0.15, 0.2) is 66.5 Å². The minimum absolute atomic E-state index is 0.0113. The van der Waals surface area contributed by atoms with Crippen molar-refractivity contribution in [3.05, 3.63) is 82.7 Å². The smallest absolute Gasteiger partial charge is 0.146 e. The van der Waals surface area contributed by atoms with E-state index in [1.165, 1.54) is 12.2 Å². The Morgan fingerprint density at radius 1 is 1.25 bits per heavy atom. The van der Waals surface area contributed by atoms with Gasteiger partial charge in [-0.3, -0.25) is 4.79 Å². The molecule has 5 heteroatoms. The number of carbonyl (C=O) groups excluding carboxylic acids is 1. The molecular weight excluding hydrogens is 377 g/mol. The Morgan fingerprint density at radius 3 is 2.71 bits per heavy atom. The van der Waals surface area contributed by atoms with Crippen LogP contribution in [0.1, 0.15) is 18.1 Å². The average molecular weight is 398 g/mol. The third kappa shape index (κ3) is 3.22. The van der Waals surface area contributed by atoms with Gasteiger partial charge in [0.1, 0.15) is 17.4 Å². The summed E-state index contributed by atoms with van der Waals surface area (Å²) in [5, 5.41) is 0.586. The van der Waals surface area contributed by atoms with Crippen LogP contribution < -0.4 is 9.64 Å². The largest absolute Gasteiger partial charge is 0.497 e. The van der Waals surface area contributed by atoms with Crippen LogP contribution in [0.2, 0.25) is 5.02 Å². The highest BCUT2D eigenvalue weighted by Gasteiger charge is 2.45. The summed E-state index contributed by atoms with van der Waals surface area (Å²) in [5.74, 6) is -0.164. The molecule has 0 saturated heterocycles. The van der Waals surface area contributed by atoms with Gasteiger partial charge >= 0.3 is 0 Å². The molecule has 0 N–H and O–H groups in total. The van der Waals surface area contributed by atoms with Crippen molar-refractivity contribution in [2.24, 2.45) is 5.92 Å². The SMILES string of the molecule is COc1ccc(CN2c3ccc(Cl)cc3CC(=O)C3C=C(F)C=CC32C)cc1. The van der Waals surface area contributed by atoms with Crippen LogP contribution in [0.4, 0.5) is 10.1 Å². The van der Waals surface area contributed by atoms with Gasteiger partial charge < -0.3 is 9.64 Å². The van der Waals surface area contributed by atoms with Gasteiger partial charge in [0, 0.05) is 23.7 Å². The Bertz CT molecular complexity index is 983. The molecule has 0 aromatic heterocycles. The molecule has 3 nitrogen and oxygen atoms in total. The predicted octanol–water partition coefficient (Wildman–Crippen LogP) is 5.28. The zero-order chi connectivity index (χ0) is 19.9. The van der Waals surface area contributed by atoms with Crippen LogP contribution in [0.3, 0.4) is 0 Å². The van der Waals surface area contributed by atoms with E-state index in [1.807, 2.05) is 49.4 Å². The van der Waals surface area contributed by atoms with Gasteiger partial charge in [-0.2, -0.15) is 0 Å². The van der Waals surface area contributed by atoms with Crippen molar-refractivity contribution in [3.63, 3.8) is 0 Å². The lowest BCUT2D eigenvalue weighted by molar-refractivity contribution is -0.121. The number of nitrogens with zero attached hydrogens (tertiary/aromatic N) is 1.